The van der Waals surface area contributed by atoms with Crippen LogP contribution in [0.5, 0.6) is 5.75 Å². The van der Waals surface area contributed by atoms with Gasteiger partial charge in [-0.2, -0.15) is 0 Å². The minimum absolute atomic E-state index is 0.0686. The average Bonchev–Trinajstić information content (AvgIpc) is 2.89. The lowest BCUT2D eigenvalue weighted by molar-refractivity contribution is -0.385. The third kappa shape index (κ3) is 6.16. The normalized spacial score (nSPS) is 18.8. The van der Waals surface area contributed by atoms with Gasteiger partial charge in [0, 0.05) is 51.9 Å². The lowest BCUT2D eigenvalue weighted by Crippen LogP contribution is -2.53. The molecule has 35 heavy (non-hydrogen) atoms. The SMILES string of the molecule is Cc1ccccc1CN1CCN(C(=O)C2CCCN(C(=O)COc3ccccc3[N+](=O)[O-])C2)CC1. The zero-order valence-corrected chi connectivity index (χ0v) is 20.1. The molecule has 0 spiro atoms. The smallest absolute Gasteiger partial charge is 0.310 e. The van der Waals surface area contributed by atoms with E-state index in [1.807, 2.05) is 11.0 Å². The van der Waals surface area contributed by atoms with E-state index < -0.39 is 4.92 Å². The average molecular weight is 481 g/mol. The van der Waals surface area contributed by atoms with E-state index in [1.54, 1.807) is 17.0 Å². The van der Waals surface area contributed by atoms with Crippen LogP contribution < -0.4 is 4.74 Å². The molecule has 1 unspecified atom stereocenters. The number of benzene rings is 2. The Hall–Kier alpha value is -3.46. The number of likely N-dealkylation sites (tertiary alicyclic amines) is 1. The molecule has 2 aliphatic rings. The summed E-state index contributed by atoms with van der Waals surface area (Å²) in [6.07, 6.45) is 1.51. The molecule has 0 N–H and O–H groups in total. The van der Waals surface area contributed by atoms with Crippen LogP contribution in [0.25, 0.3) is 0 Å². The summed E-state index contributed by atoms with van der Waals surface area (Å²) in [6.45, 7) is 6.69. The Morgan fingerprint density at radius 1 is 1.00 bits per heavy atom. The number of hydrogen-bond donors (Lipinski definition) is 0. The molecule has 2 heterocycles. The summed E-state index contributed by atoms with van der Waals surface area (Å²) in [4.78, 5) is 42.5. The van der Waals surface area contributed by atoms with Crippen LogP contribution in [0.4, 0.5) is 5.69 Å². The lowest BCUT2D eigenvalue weighted by Gasteiger charge is -2.39. The summed E-state index contributed by atoms with van der Waals surface area (Å²) in [5.41, 5.74) is 2.43. The van der Waals surface area contributed by atoms with Crippen molar-refractivity contribution in [3.8, 4) is 5.75 Å². The van der Waals surface area contributed by atoms with Gasteiger partial charge in [0.2, 0.25) is 5.91 Å². The maximum atomic E-state index is 13.2. The molecule has 2 fully saturated rings. The first-order valence-electron chi connectivity index (χ1n) is 12.1. The monoisotopic (exact) mass is 480 g/mol. The number of carbonyl (C=O) groups is 2. The second kappa shape index (κ2) is 11.3. The van der Waals surface area contributed by atoms with E-state index in [2.05, 4.69) is 30.0 Å². The van der Waals surface area contributed by atoms with Crippen molar-refractivity contribution in [2.45, 2.75) is 26.3 Å². The van der Waals surface area contributed by atoms with E-state index in [0.717, 1.165) is 32.5 Å². The lowest BCUT2D eigenvalue weighted by atomic mass is 9.96. The van der Waals surface area contributed by atoms with E-state index in [9.17, 15) is 19.7 Å². The molecule has 0 aliphatic carbocycles. The number of amides is 2. The van der Waals surface area contributed by atoms with Crippen LogP contribution >= 0.6 is 0 Å². The first-order chi connectivity index (χ1) is 16.9. The number of carbonyl (C=O) groups excluding carboxylic acids is 2. The van der Waals surface area contributed by atoms with Gasteiger partial charge in [-0.15, -0.1) is 0 Å². The van der Waals surface area contributed by atoms with Crippen LogP contribution in [-0.4, -0.2) is 77.3 Å². The van der Waals surface area contributed by atoms with Crippen molar-refractivity contribution in [1.29, 1.82) is 0 Å². The Kier molecular flexibility index (Phi) is 7.97. The molecule has 0 bridgehead atoms. The first-order valence-corrected chi connectivity index (χ1v) is 12.1. The summed E-state index contributed by atoms with van der Waals surface area (Å²) >= 11 is 0. The van der Waals surface area contributed by atoms with Crippen LogP contribution in [0.3, 0.4) is 0 Å². The maximum absolute atomic E-state index is 13.2. The zero-order valence-electron chi connectivity index (χ0n) is 20.1. The van der Waals surface area contributed by atoms with Gasteiger partial charge in [0.1, 0.15) is 0 Å². The Bertz CT molecular complexity index is 1070. The molecular weight excluding hydrogens is 448 g/mol. The highest BCUT2D eigenvalue weighted by molar-refractivity contribution is 5.82. The van der Waals surface area contributed by atoms with Crippen molar-refractivity contribution in [2.24, 2.45) is 5.92 Å². The number of nitrogens with zero attached hydrogens (tertiary/aromatic N) is 4. The van der Waals surface area contributed by atoms with Crippen molar-refractivity contribution in [1.82, 2.24) is 14.7 Å². The number of nitro groups is 1. The topological polar surface area (TPSA) is 96.2 Å². The Balaban J connectivity index is 1.26. The maximum Gasteiger partial charge on any atom is 0.310 e. The fourth-order valence-electron chi connectivity index (χ4n) is 4.78. The van der Waals surface area contributed by atoms with E-state index in [-0.39, 0.29) is 35.8 Å². The molecule has 9 nitrogen and oxygen atoms in total. The fourth-order valence-corrected chi connectivity index (χ4v) is 4.78. The molecule has 2 aromatic rings. The van der Waals surface area contributed by atoms with E-state index in [1.165, 1.54) is 23.3 Å². The molecule has 2 saturated heterocycles. The highest BCUT2D eigenvalue weighted by atomic mass is 16.6. The van der Waals surface area contributed by atoms with Gasteiger partial charge in [0.25, 0.3) is 5.91 Å². The van der Waals surface area contributed by atoms with Crippen molar-refractivity contribution >= 4 is 17.5 Å². The molecule has 2 aliphatic heterocycles. The summed E-state index contributed by atoms with van der Waals surface area (Å²) in [7, 11) is 0. The number of aryl methyl sites for hydroxylation is 1. The number of rotatable bonds is 7. The fraction of sp³-hybridized carbons (Fsp3) is 0.462. The second-order valence-electron chi connectivity index (χ2n) is 9.22. The minimum atomic E-state index is -0.532. The predicted octanol–water partition coefficient (Wildman–Crippen LogP) is 2.87. The van der Waals surface area contributed by atoms with Gasteiger partial charge < -0.3 is 14.5 Å². The van der Waals surface area contributed by atoms with Gasteiger partial charge in [0.15, 0.2) is 12.4 Å². The molecular formula is C26H32N4O5. The van der Waals surface area contributed by atoms with Gasteiger partial charge >= 0.3 is 5.69 Å². The Labute approximate surface area is 205 Å². The predicted molar refractivity (Wildman–Crippen MR) is 131 cm³/mol. The van der Waals surface area contributed by atoms with Gasteiger partial charge in [0.05, 0.1) is 10.8 Å². The van der Waals surface area contributed by atoms with Crippen molar-refractivity contribution in [3.05, 3.63) is 69.8 Å². The number of para-hydroxylation sites is 2. The molecule has 9 heteroatoms. The summed E-state index contributed by atoms with van der Waals surface area (Å²) < 4.78 is 5.46. The summed E-state index contributed by atoms with van der Waals surface area (Å²) in [5.74, 6) is -0.304. The largest absolute Gasteiger partial charge is 0.477 e. The molecule has 0 radical (unpaired) electrons. The van der Waals surface area contributed by atoms with Crippen LogP contribution in [-0.2, 0) is 16.1 Å². The van der Waals surface area contributed by atoms with Crippen molar-refractivity contribution < 1.29 is 19.2 Å². The summed E-state index contributed by atoms with van der Waals surface area (Å²) in [5, 5.41) is 11.1. The number of nitro benzene ring substituents is 1. The number of piperidine rings is 1. The molecule has 0 saturated carbocycles. The highest BCUT2D eigenvalue weighted by Gasteiger charge is 2.33. The van der Waals surface area contributed by atoms with Gasteiger partial charge in [-0.1, -0.05) is 36.4 Å². The van der Waals surface area contributed by atoms with Crippen LogP contribution in [0, 0.1) is 23.0 Å². The number of ether oxygens (including phenoxy) is 1. The van der Waals surface area contributed by atoms with E-state index in [0.29, 0.717) is 26.2 Å². The highest BCUT2D eigenvalue weighted by Crippen LogP contribution is 2.26. The molecule has 186 valence electrons. The zero-order chi connectivity index (χ0) is 24.8. The van der Waals surface area contributed by atoms with Crippen LogP contribution in [0.15, 0.2) is 48.5 Å². The number of hydrogen-bond acceptors (Lipinski definition) is 6. The van der Waals surface area contributed by atoms with Gasteiger partial charge in [-0.25, -0.2) is 0 Å². The Morgan fingerprint density at radius 3 is 2.46 bits per heavy atom. The Morgan fingerprint density at radius 2 is 1.71 bits per heavy atom. The molecule has 1 atom stereocenters. The minimum Gasteiger partial charge on any atom is -0.477 e. The van der Waals surface area contributed by atoms with Gasteiger partial charge in [-0.3, -0.25) is 24.6 Å². The third-order valence-electron chi connectivity index (χ3n) is 6.88. The number of piperazine rings is 1. The van der Waals surface area contributed by atoms with E-state index in [4.69, 9.17) is 4.74 Å². The summed E-state index contributed by atoms with van der Waals surface area (Å²) in [6, 6.07) is 14.4. The molecule has 0 aromatic heterocycles. The van der Waals surface area contributed by atoms with E-state index >= 15 is 0 Å². The third-order valence-corrected chi connectivity index (χ3v) is 6.88. The first kappa shape index (κ1) is 24.7. The van der Waals surface area contributed by atoms with Crippen molar-refractivity contribution in [2.75, 3.05) is 45.9 Å². The van der Waals surface area contributed by atoms with Crippen LogP contribution in [0.2, 0.25) is 0 Å². The second-order valence-corrected chi connectivity index (χ2v) is 9.22. The standard InChI is InChI=1S/C26H32N4O5/c1-20-7-2-3-8-21(20)17-27-13-15-28(16-14-27)26(32)22-9-6-12-29(18-22)25(31)19-35-24-11-5-4-10-23(24)30(33)34/h2-5,7-8,10-11,22H,6,9,12-19H2,1H3. The van der Waals surface area contributed by atoms with Crippen molar-refractivity contribution in [3.63, 3.8) is 0 Å². The molecule has 2 amide bonds. The molecule has 4 rings (SSSR count). The van der Waals surface area contributed by atoms with Gasteiger partial charge in [-0.05, 0) is 37.0 Å². The van der Waals surface area contributed by atoms with Crippen LogP contribution in [0.1, 0.15) is 24.0 Å². The quantitative estimate of drug-likeness (QED) is 0.447. The molecule has 2 aromatic carbocycles.